The van der Waals surface area contributed by atoms with Gasteiger partial charge in [-0.2, -0.15) is 0 Å². The number of rotatable bonds is 6. The largest absolute Gasteiger partial charge is 0.481 e. The van der Waals surface area contributed by atoms with Crippen LogP contribution in [0.3, 0.4) is 0 Å². The second-order valence-corrected chi connectivity index (χ2v) is 4.07. The maximum atomic E-state index is 10.6. The van der Waals surface area contributed by atoms with E-state index < -0.39 is 11.9 Å². The molecule has 1 rings (SSSR count). The molecule has 0 atom stereocenters. The van der Waals surface area contributed by atoms with Crippen LogP contribution in [0.1, 0.15) is 12.1 Å². The van der Waals surface area contributed by atoms with Crippen molar-refractivity contribution in [3.05, 3.63) is 11.1 Å². The van der Waals surface area contributed by atoms with Gasteiger partial charge in [-0.05, 0) is 6.92 Å². The second kappa shape index (κ2) is 5.45. The first kappa shape index (κ1) is 12.4. The van der Waals surface area contributed by atoms with Crippen molar-refractivity contribution in [1.29, 1.82) is 0 Å². The third kappa shape index (κ3) is 3.85. The fourth-order valence-corrected chi connectivity index (χ4v) is 1.95. The standard InChI is InChI=1S/C9H12N2O4S/c1-6-5-16-9(10-6)11(4-8(14)15)3-2-7(12)13/h5H,2-4H2,1H3,(H,12,13)(H,14,15). The summed E-state index contributed by atoms with van der Waals surface area (Å²) in [5.41, 5.74) is 0.797. The van der Waals surface area contributed by atoms with E-state index >= 15 is 0 Å². The molecule has 2 N–H and O–H groups in total. The molecule has 0 aliphatic carbocycles. The third-order valence-electron chi connectivity index (χ3n) is 1.80. The topological polar surface area (TPSA) is 90.7 Å². The van der Waals surface area contributed by atoms with Crippen LogP contribution in [0.2, 0.25) is 0 Å². The molecule has 1 aromatic rings. The molecular weight excluding hydrogens is 232 g/mol. The zero-order valence-electron chi connectivity index (χ0n) is 8.71. The molecule has 0 unspecified atom stereocenters. The van der Waals surface area contributed by atoms with Crippen LogP contribution in [0.15, 0.2) is 5.38 Å². The molecule has 0 saturated carbocycles. The summed E-state index contributed by atoms with van der Waals surface area (Å²) in [5, 5.41) is 19.6. The van der Waals surface area contributed by atoms with Crippen molar-refractivity contribution >= 4 is 28.4 Å². The van der Waals surface area contributed by atoms with Gasteiger partial charge < -0.3 is 15.1 Å². The summed E-state index contributed by atoms with van der Waals surface area (Å²) in [5.74, 6) is -1.96. The number of carboxylic acids is 2. The fourth-order valence-electron chi connectivity index (χ4n) is 1.12. The first-order chi connectivity index (χ1) is 7.49. The first-order valence-corrected chi connectivity index (χ1v) is 5.47. The average molecular weight is 244 g/mol. The van der Waals surface area contributed by atoms with Crippen molar-refractivity contribution in [1.82, 2.24) is 4.98 Å². The van der Waals surface area contributed by atoms with E-state index in [4.69, 9.17) is 10.2 Å². The molecule has 0 radical (unpaired) electrons. The van der Waals surface area contributed by atoms with E-state index in [1.54, 1.807) is 12.3 Å². The van der Waals surface area contributed by atoms with Crippen molar-refractivity contribution in [3.63, 3.8) is 0 Å². The Kier molecular flexibility index (Phi) is 4.24. The number of hydrogen-bond acceptors (Lipinski definition) is 5. The minimum Gasteiger partial charge on any atom is -0.481 e. The van der Waals surface area contributed by atoms with Gasteiger partial charge in [-0.3, -0.25) is 9.59 Å². The SMILES string of the molecule is Cc1csc(N(CCC(=O)O)CC(=O)O)n1. The number of aryl methyl sites for hydroxylation is 1. The van der Waals surface area contributed by atoms with Crippen LogP contribution in [0.5, 0.6) is 0 Å². The van der Waals surface area contributed by atoms with Gasteiger partial charge in [-0.1, -0.05) is 0 Å². The highest BCUT2D eigenvalue weighted by atomic mass is 32.1. The smallest absolute Gasteiger partial charge is 0.323 e. The lowest BCUT2D eigenvalue weighted by Gasteiger charge is -2.18. The van der Waals surface area contributed by atoms with Crippen LogP contribution in [-0.2, 0) is 9.59 Å². The van der Waals surface area contributed by atoms with Crippen molar-refractivity contribution in [2.75, 3.05) is 18.0 Å². The summed E-state index contributed by atoms with van der Waals surface area (Å²) in [7, 11) is 0. The summed E-state index contributed by atoms with van der Waals surface area (Å²) in [4.78, 5) is 26.6. The van der Waals surface area contributed by atoms with Gasteiger partial charge in [0.1, 0.15) is 6.54 Å². The maximum absolute atomic E-state index is 10.6. The van der Waals surface area contributed by atoms with E-state index in [1.807, 2.05) is 0 Å². The summed E-state index contributed by atoms with van der Waals surface area (Å²) in [6.07, 6.45) is -0.105. The monoisotopic (exact) mass is 244 g/mol. The fraction of sp³-hybridized carbons (Fsp3) is 0.444. The average Bonchev–Trinajstić information content (AvgIpc) is 2.58. The molecule has 0 aliphatic heterocycles. The van der Waals surface area contributed by atoms with Gasteiger partial charge in [0.15, 0.2) is 5.13 Å². The van der Waals surface area contributed by atoms with Crippen molar-refractivity contribution in [3.8, 4) is 0 Å². The number of aliphatic carboxylic acids is 2. The van der Waals surface area contributed by atoms with E-state index in [1.165, 1.54) is 16.2 Å². The van der Waals surface area contributed by atoms with E-state index in [0.29, 0.717) is 5.13 Å². The lowest BCUT2D eigenvalue weighted by molar-refractivity contribution is -0.138. The molecule has 88 valence electrons. The molecule has 0 spiro atoms. The molecule has 7 heteroatoms. The minimum atomic E-state index is -1.00. The predicted molar refractivity (Wildman–Crippen MR) is 59.0 cm³/mol. The normalized spacial score (nSPS) is 10.1. The molecule has 0 bridgehead atoms. The molecule has 1 aromatic heterocycles. The predicted octanol–water partition coefficient (Wildman–Crippen LogP) is 0.817. The highest BCUT2D eigenvalue weighted by Crippen LogP contribution is 2.19. The van der Waals surface area contributed by atoms with Gasteiger partial charge >= 0.3 is 11.9 Å². The zero-order valence-corrected chi connectivity index (χ0v) is 9.53. The van der Waals surface area contributed by atoms with E-state index in [0.717, 1.165) is 5.69 Å². The van der Waals surface area contributed by atoms with Crippen molar-refractivity contribution < 1.29 is 19.8 Å². The Labute approximate surface area is 96.2 Å². The van der Waals surface area contributed by atoms with Gasteiger partial charge in [-0.25, -0.2) is 4.98 Å². The Balaban J connectivity index is 2.70. The van der Waals surface area contributed by atoms with Crippen LogP contribution in [0.4, 0.5) is 5.13 Å². The van der Waals surface area contributed by atoms with Gasteiger partial charge in [0.05, 0.1) is 12.1 Å². The molecule has 16 heavy (non-hydrogen) atoms. The second-order valence-electron chi connectivity index (χ2n) is 3.23. The van der Waals surface area contributed by atoms with Gasteiger partial charge in [0.25, 0.3) is 0 Å². The lowest BCUT2D eigenvalue weighted by atomic mass is 10.4. The maximum Gasteiger partial charge on any atom is 0.323 e. The molecule has 0 aromatic carbocycles. The first-order valence-electron chi connectivity index (χ1n) is 4.59. The number of anilines is 1. The van der Waals surface area contributed by atoms with Crippen LogP contribution >= 0.6 is 11.3 Å². The highest BCUT2D eigenvalue weighted by Gasteiger charge is 2.14. The van der Waals surface area contributed by atoms with Crippen LogP contribution < -0.4 is 4.90 Å². The number of aromatic nitrogens is 1. The summed E-state index contributed by atoms with van der Waals surface area (Å²) in [6, 6.07) is 0. The molecular formula is C9H12N2O4S. The van der Waals surface area contributed by atoms with E-state index in [9.17, 15) is 9.59 Å². The molecule has 1 heterocycles. The number of carboxylic acid groups (broad SMARTS) is 2. The van der Waals surface area contributed by atoms with Crippen molar-refractivity contribution in [2.24, 2.45) is 0 Å². The minimum absolute atomic E-state index is 0.105. The van der Waals surface area contributed by atoms with Crippen LogP contribution in [-0.4, -0.2) is 40.2 Å². The Morgan fingerprint density at radius 1 is 1.44 bits per heavy atom. The zero-order chi connectivity index (χ0) is 12.1. The van der Waals surface area contributed by atoms with Crippen LogP contribution in [0, 0.1) is 6.92 Å². The molecule has 6 nitrogen and oxygen atoms in total. The Morgan fingerprint density at radius 2 is 2.12 bits per heavy atom. The van der Waals surface area contributed by atoms with Crippen LogP contribution in [0.25, 0.3) is 0 Å². The van der Waals surface area contributed by atoms with Gasteiger partial charge in [0, 0.05) is 11.9 Å². The van der Waals surface area contributed by atoms with Gasteiger partial charge in [0.2, 0.25) is 0 Å². The number of carbonyl (C=O) groups is 2. The summed E-state index contributed by atoms with van der Waals surface area (Å²) in [6.45, 7) is 1.71. The lowest BCUT2D eigenvalue weighted by Crippen LogP contribution is -2.31. The summed E-state index contributed by atoms with van der Waals surface area (Å²) < 4.78 is 0. The Hall–Kier alpha value is -1.63. The Bertz CT molecular complexity index is 391. The molecule has 0 aliphatic rings. The number of nitrogens with zero attached hydrogens (tertiary/aromatic N) is 2. The van der Waals surface area contributed by atoms with E-state index in [-0.39, 0.29) is 19.5 Å². The van der Waals surface area contributed by atoms with Crippen molar-refractivity contribution in [2.45, 2.75) is 13.3 Å². The number of thiazole rings is 1. The summed E-state index contributed by atoms with van der Waals surface area (Å²) >= 11 is 1.31. The third-order valence-corrected chi connectivity index (χ3v) is 2.82. The molecule has 0 amide bonds. The van der Waals surface area contributed by atoms with E-state index in [2.05, 4.69) is 4.98 Å². The Morgan fingerprint density at radius 3 is 2.56 bits per heavy atom. The number of hydrogen-bond donors (Lipinski definition) is 2. The molecule has 0 saturated heterocycles. The highest BCUT2D eigenvalue weighted by molar-refractivity contribution is 7.13. The van der Waals surface area contributed by atoms with Gasteiger partial charge in [-0.15, -0.1) is 11.3 Å². The molecule has 0 fully saturated rings. The quantitative estimate of drug-likeness (QED) is 0.769.